The van der Waals surface area contributed by atoms with Crippen LogP contribution >= 0.6 is 0 Å². The zero-order chi connectivity index (χ0) is 16.1. The van der Waals surface area contributed by atoms with E-state index >= 15 is 0 Å². The lowest BCUT2D eigenvalue weighted by Crippen LogP contribution is -2.40. The highest BCUT2D eigenvalue weighted by Gasteiger charge is 2.50. The van der Waals surface area contributed by atoms with Gasteiger partial charge in [0, 0.05) is 7.05 Å². The number of nitrogens with zero attached hydrogens (tertiary/aromatic N) is 1. The molecule has 0 aliphatic carbocycles. The van der Waals surface area contributed by atoms with Gasteiger partial charge in [0.05, 0.1) is 0 Å². The lowest BCUT2D eigenvalue weighted by atomic mass is 10.3. The van der Waals surface area contributed by atoms with E-state index < -0.39 is 43.4 Å². The summed E-state index contributed by atoms with van der Waals surface area (Å²) in [5.41, 5.74) is 0. The van der Waals surface area contributed by atoms with E-state index in [1.165, 1.54) is 0 Å². The third-order valence-corrected chi connectivity index (χ3v) is 1.64. The van der Waals surface area contributed by atoms with Crippen LogP contribution in [0.15, 0.2) is 4.99 Å². The Balaban J connectivity index is 4.62. The van der Waals surface area contributed by atoms with Gasteiger partial charge in [0.1, 0.15) is 0 Å². The van der Waals surface area contributed by atoms with Crippen molar-refractivity contribution in [2.24, 2.45) is 4.99 Å². The summed E-state index contributed by atoms with van der Waals surface area (Å²) in [5, 5.41) is 0. The predicted molar refractivity (Wildman–Crippen MR) is 47.7 cm³/mol. The summed E-state index contributed by atoms with van der Waals surface area (Å²) in [6, 6.07) is 0. The number of alkyl halides is 8. The molecule has 0 saturated heterocycles. The number of carbonyl (C=O) groups is 1. The van der Waals surface area contributed by atoms with E-state index in [1.807, 2.05) is 0 Å². The molecule has 0 radical (unpaired) electrons. The van der Waals surface area contributed by atoms with Crippen molar-refractivity contribution in [1.29, 1.82) is 0 Å². The van der Waals surface area contributed by atoms with Crippen molar-refractivity contribution in [2.75, 3.05) is 13.7 Å². The Morgan fingerprint density at radius 2 is 1.60 bits per heavy atom. The molecule has 0 spiro atoms. The Morgan fingerprint density at radius 3 is 1.95 bits per heavy atom. The van der Waals surface area contributed by atoms with Crippen LogP contribution in [0.5, 0.6) is 0 Å². The van der Waals surface area contributed by atoms with Crippen molar-refractivity contribution in [3.63, 3.8) is 0 Å². The van der Waals surface area contributed by atoms with Crippen LogP contribution < -0.4 is 0 Å². The molecule has 118 valence electrons. The van der Waals surface area contributed by atoms with Gasteiger partial charge >= 0.3 is 30.9 Å². The summed E-state index contributed by atoms with van der Waals surface area (Å²) >= 11 is 0. The highest BCUT2D eigenvalue weighted by molar-refractivity contribution is 5.91. The second-order valence-corrected chi connectivity index (χ2v) is 3.15. The highest BCUT2D eigenvalue weighted by atomic mass is 19.3. The van der Waals surface area contributed by atoms with Gasteiger partial charge in [-0.25, -0.2) is 22.4 Å². The number of hydrogen-bond acceptors (Lipinski definition) is 4. The maximum absolute atomic E-state index is 12.7. The molecule has 0 aliphatic heterocycles. The van der Waals surface area contributed by atoms with Gasteiger partial charge in [-0.1, -0.05) is 0 Å². The van der Waals surface area contributed by atoms with Crippen LogP contribution in [0.4, 0.5) is 39.9 Å². The molecule has 20 heavy (non-hydrogen) atoms. The smallest absolute Gasteiger partial charge is 0.427 e. The monoisotopic (exact) mass is 317 g/mol. The third-order valence-electron chi connectivity index (χ3n) is 1.64. The molecule has 0 aliphatic rings. The van der Waals surface area contributed by atoms with E-state index in [0.29, 0.717) is 7.05 Å². The second-order valence-electron chi connectivity index (χ2n) is 3.15. The molecule has 0 unspecified atom stereocenters. The van der Waals surface area contributed by atoms with E-state index in [-0.39, 0.29) is 0 Å². The fraction of sp³-hybridized carbons (Fsp3) is 0.750. The Morgan fingerprint density at radius 1 is 1.10 bits per heavy atom. The average molecular weight is 317 g/mol. The third kappa shape index (κ3) is 4.81. The van der Waals surface area contributed by atoms with Gasteiger partial charge in [-0.2, -0.15) is 17.6 Å². The summed E-state index contributed by atoms with van der Waals surface area (Å²) in [7, 11) is 0.548. The number of carbonyl (C=O) groups excluding carboxylic acids is 1. The van der Waals surface area contributed by atoms with Gasteiger partial charge in [-0.3, -0.25) is 4.99 Å². The zero-order valence-electron chi connectivity index (χ0n) is 9.56. The number of ether oxygens (including phenoxy) is 2. The van der Waals surface area contributed by atoms with Crippen LogP contribution in [0.25, 0.3) is 0 Å². The van der Waals surface area contributed by atoms with Crippen LogP contribution in [-0.4, -0.2) is 50.4 Å². The topological polar surface area (TPSA) is 47.9 Å². The van der Waals surface area contributed by atoms with Gasteiger partial charge in [0.15, 0.2) is 6.61 Å². The van der Waals surface area contributed by atoms with Gasteiger partial charge < -0.3 is 9.47 Å². The quantitative estimate of drug-likeness (QED) is 0.339. The van der Waals surface area contributed by atoms with Crippen molar-refractivity contribution in [1.82, 2.24) is 0 Å². The summed E-state index contributed by atoms with van der Waals surface area (Å²) in [6.07, 6.45) is -10.8. The fourth-order valence-electron chi connectivity index (χ4n) is 0.683. The van der Waals surface area contributed by atoms with E-state index in [9.17, 15) is 39.9 Å². The molecule has 0 aromatic heterocycles. The Hall–Kier alpha value is -1.62. The first kappa shape index (κ1) is 18.4. The summed E-state index contributed by atoms with van der Waals surface area (Å²) in [4.78, 5) is 13.2. The van der Waals surface area contributed by atoms with Crippen molar-refractivity contribution in [2.45, 2.75) is 24.7 Å². The molecule has 0 aromatic carbocycles. The highest BCUT2D eigenvalue weighted by Crippen LogP contribution is 2.26. The molecular formula is C8H7F8NO3. The van der Waals surface area contributed by atoms with E-state index in [0.717, 1.165) is 0 Å². The Kier molecular flexibility index (Phi) is 6.16. The van der Waals surface area contributed by atoms with Gasteiger partial charge in [-0.15, -0.1) is 0 Å². The standard InChI is InChI=1S/C8H7F8NO3/c1-17-5(8(15,16)4(11)12)20-6(18)19-2-7(13,14)3(9)10/h3-4H,2H2,1H3. The first-order valence-electron chi connectivity index (χ1n) is 4.59. The van der Waals surface area contributed by atoms with E-state index in [4.69, 9.17) is 0 Å². The van der Waals surface area contributed by atoms with Crippen molar-refractivity contribution < 1.29 is 49.4 Å². The Labute approximate surface area is 106 Å². The molecular weight excluding hydrogens is 310 g/mol. The lowest BCUT2D eigenvalue weighted by Gasteiger charge is -2.18. The van der Waals surface area contributed by atoms with Gasteiger partial charge in [0.2, 0.25) is 0 Å². The SMILES string of the molecule is CN=C(OC(=O)OCC(F)(F)C(F)F)C(F)(F)C(F)F. The predicted octanol–water partition coefficient (Wildman–Crippen LogP) is 2.97. The molecule has 0 amide bonds. The molecule has 0 saturated carbocycles. The van der Waals surface area contributed by atoms with Gasteiger partial charge in [0.25, 0.3) is 5.90 Å². The summed E-state index contributed by atoms with van der Waals surface area (Å²) < 4.78 is 104. The molecule has 0 N–H and O–H groups in total. The molecule has 12 heteroatoms. The van der Waals surface area contributed by atoms with Crippen LogP contribution in [0.1, 0.15) is 0 Å². The van der Waals surface area contributed by atoms with Crippen molar-refractivity contribution in [3.05, 3.63) is 0 Å². The minimum absolute atomic E-state index is 0.548. The maximum Gasteiger partial charge on any atom is 0.515 e. The minimum atomic E-state index is -4.97. The summed E-state index contributed by atoms with van der Waals surface area (Å²) in [6.45, 7) is -2.18. The molecule has 0 fully saturated rings. The molecule has 4 nitrogen and oxygen atoms in total. The average Bonchev–Trinajstić information content (AvgIpc) is 2.32. The second kappa shape index (κ2) is 6.70. The Bertz CT molecular complexity index is 371. The van der Waals surface area contributed by atoms with Crippen molar-refractivity contribution >= 4 is 12.1 Å². The molecule has 0 bridgehead atoms. The largest absolute Gasteiger partial charge is 0.515 e. The molecule has 0 aromatic rings. The van der Waals surface area contributed by atoms with Crippen LogP contribution in [0, 0.1) is 0 Å². The number of hydrogen-bond donors (Lipinski definition) is 0. The fourth-order valence-corrected chi connectivity index (χ4v) is 0.683. The first-order chi connectivity index (χ1) is 8.95. The van der Waals surface area contributed by atoms with E-state index in [1.54, 1.807) is 0 Å². The van der Waals surface area contributed by atoms with E-state index in [2.05, 4.69) is 14.5 Å². The lowest BCUT2D eigenvalue weighted by molar-refractivity contribution is -0.157. The molecule has 0 atom stereocenters. The minimum Gasteiger partial charge on any atom is -0.427 e. The van der Waals surface area contributed by atoms with Crippen LogP contribution in [-0.2, 0) is 9.47 Å². The first-order valence-corrected chi connectivity index (χ1v) is 4.59. The van der Waals surface area contributed by atoms with Crippen LogP contribution in [0.2, 0.25) is 0 Å². The number of aliphatic imine (C=N–C) groups is 1. The molecule has 0 heterocycles. The van der Waals surface area contributed by atoms with Gasteiger partial charge in [-0.05, 0) is 0 Å². The maximum atomic E-state index is 12.7. The normalized spacial score (nSPS) is 13.8. The summed E-state index contributed by atoms with van der Waals surface area (Å²) in [5.74, 6) is -11.8. The zero-order valence-corrected chi connectivity index (χ0v) is 9.56. The van der Waals surface area contributed by atoms with Crippen LogP contribution in [0.3, 0.4) is 0 Å². The number of halogens is 8. The number of rotatable bonds is 5. The molecule has 0 rings (SSSR count). The van der Waals surface area contributed by atoms with Crippen molar-refractivity contribution in [3.8, 4) is 0 Å².